The molecule has 1 saturated carbocycles. The zero-order valence-electron chi connectivity index (χ0n) is 10.8. The number of thioether (sulfide) groups is 1. The van der Waals surface area contributed by atoms with Crippen molar-refractivity contribution in [3.05, 3.63) is 29.3 Å². The third-order valence-electron chi connectivity index (χ3n) is 3.55. The molecule has 0 unspecified atom stereocenters. The maximum atomic E-state index is 12.1. The van der Waals surface area contributed by atoms with E-state index in [2.05, 4.69) is 5.32 Å². The van der Waals surface area contributed by atoms with Gasteiger partial charge in [-0.1, -0.05) is 6.07 Å². The zero-order valence-corrected chi connectivity index (χ0v) is 11.6. The average molecular weight is 265 g/mol. The molecular formula is C14H19NO2S. The van der Waals surface area contributed by atoms with Crippen LogP contribution >= 0.6 is 11.8 Å². The van der Waals surface area contributed by atoms with Crippen molar-refractivity contribution >= 4 is 17.7 Å². The molecule has 0 aromatic heterocycles. The van der Waals surface area contributed by atoms with Gasteiger partial charge in [-0.05, 0) is 50.1 Å². The first-order valence-corrected chi connectivity index (χ1v) is 7.42. The monoisotopic (exact) mass is 265 g/mol. The van der Waals surface area contributed by atoms with E-state index in [4.69, 9.17) is 0 Å². The van der Waals surface area contributed by atoms with Gasteiger partial charge in [-0.15, -0.1) is 11.8 Å². The normalized spacial score (nSPS) is 17.1. The number of carbonyl (C=O) groups is 1. The van der Waals surface area contributed by atoms with E-state index in [0.29, 0.717) is 12.1 Å². The number of amides is 1. The van der Waals surface area contributed by atoms with Gasteiger partial charge in [-0.25, -0.2) is 0 Å². The molecule has 3 nitrogen and oxygen atoms in total. The van der Waals surface area contributed by atoms with Crippen molar-refractivity contribution < 1.29 is 9.90 Å². The van der Waals surface area contributed by atoms with Gasteiger partial charge in [0.1, 0.15) is 0 Å². The minimum Gasteiger partial charge on any atom is -0.388 e. The van der Waals surface area contributed by atoms with Crippen molar-refractivity contribution in [1.82, 2.24) is 5.32 Å². The number of benzene rings is 1. The number of hydrogen-bond donors (Lipinski definition) is 2. The SMILES string of the molecule is CSc1ccc(C)c(C(=O)NCC2(O)CCC2)c1. The highest BCUT2D eigenvalue weighted by molar-refractivity contribution is 7.98. The number of nitrogens with one attached hydrogen (secondary N) is 1. The maximum Gasteiger partial charge on any atom is 0.251 e. The van der Waals surface area contributed by atoms with Crippen LogP contribution in [0.3, 0.4) is 0 Å². The summed E-state index contributed by atoms with van der Waals surface area (Å²) in [4.78, 5) is 13.2. The van der Waals surface area contributed by atoms with Crippen LogP contribution in [-0.4, -0.2) is 29.4 Å². The van der Waals surface area contributed by atoms with E-state index in [0.717, 1.165) is 29.7 Å². The molecule has 1 fully saturated rings. The fourth-order valence-corrected chi connectivity index (χ4v) is 2.51. The van der Waals surface area contributed by atoms with Crippen LogP contribution in [0.15, 0.2) is 23.1 Å². The molecule has 1 amide bonds. The Hall–Kier alpha value is -1.00. The highest BCUT2D eigenvalue weighted by atomic mass is 32.2. The van der Waals surface area contributed by atoms with Gasteiger partial charge in [-0.2, -0.15) is 0 Å². The van der Waals surface area contributed by atoms with E-state index in [-0.39, 0.29) is 5.91 Å². The molecule has 4 heteroatoms. The molecule has 0 radical (unpaired) electrons. The molecule has 0 saturated heterocycles. The Morgan fingerprint density at radius 2 is 2.22 bits per heavy atom. The Morgan fingerprint density at radius 3 is 2.78 bits per heavy atom. The first kappa shape index (κ1) is 13.4. The van der Waals surface area contributed by atoms with Crippen LogP contribution in [0.4, 0.5) is 0 Å². The predicted octanol–water partition coefficient (Wildman–Crippen LogP) is 2.36. The summed E-state index contributed by atoms with van der Waals surface area (Å²) in [6.07, 6.45) is 4.62. The van der Waals surface area contributed by atoms with Crippen LogP contribution in [0.25, 0.3) is 0 Å². The summed E-state index contributed by atoms with van der Waals surface area (Å²) in [6.45, 7) is 2.28. The number of carbonyl (C=O) groups excluding carboxylic acids is 1. The molecule has 0 spiro atoms. The number of hydrogen-bond acceptors (Lipinski definition) is 3. The summed E-state index contributed by atoms with van der Waals surface area (Å²) in [5, 5.41) is 12.8. The summed E-state index contributed by atoms with van der Waals surface area (Å²) in [5.74, 6) is -0.0938. The largest absolute Gasteiger partial charge is 0.388 e. The minimum absolute atomic E-state index is 0.0938. The Labute approximate surface area is 112 Å². The van der Waals surface area contributed by atoms with Gasteiger partial charge in [0.25, 0.3) is 5.91 Å². The lowest BCUT2D eigenvalue weighted by Crippen LogP contribution is -2.47. The fraction of sp³-hybridized carbons (Fsp3) is 0.500. The summed E-state index contributed by atoms with van der Waals surface area (Å²) in [6, 6.07) is 5.87. The van der Waals surface area contributed by atoms with Crippen molar-refractivity contribution in [3.63, 3.8) is 0 Å². The summed E-state index contributed by atoms with van der Waals surface area (Å²) >= 11 is 1.62. The van der Waals surface area contributed by atoms with E-state index < -0.39 is 5.60 Å². The van der Waals surface area contributed by atoms with Crippen molar-refractivity contribution in [1.29, 1.82) is 0 Å². The molecule has 2 rings (SSSR count). The highest BCUT2D eigenvalue weighted by Gasteiger charge is 2.34. The lowest BCUT2D eigenvalue weighted by atomic mass is 9.80. The molecule has 0 atom stereocenters. The standard InChI is InChI=1S/C14H19NO2S/c1-10-4-5-11(18-2)8-12(10)13(16)15-9-14(17)6-3-7-14/h4-5,8,17H,3,6-7,9H2,1-2H3,(H,15,16). The summed E-state index contributed by atoms with van der Waals surface area (Å²) in [7, 11) is 0. The van der Waals surface area contributed by atoms with Crippen molar-refractivity contribution in [2.24, 2.45) is 0 Å². The molecule has 18 heavy (non-hydrogen) atoms. The van der Waals surface area contributed by atoms with E-state index in [9.17, 15) is 9.90 Å². The smallest absolute Gasteiger partial charge is 0.251 e. The summed E-state index contributed by atoms with van der Waals surface area (Å²) < 4.78 is 0. The van der Waals surface area contributed by atoms with Crippen LogP contribution < -0.4 is 5.32 Å². The number of rotatable bonds is 4. The van der Waals surface area contributed by atoms with Crippen LogP contribution in [0.2, 0.25) is 0 Å². The topological polar surface area (TPSA) is 49.3 Å². The van der Waals surface area contributed by atoms with Gasteiger partial charge in [0.2, 0.25) is 0 Å². The molecule has 98 valence electrons. The Balaban J connectivity index is 2.03. The Morgan fingerprint density at radius 1 is 1.50 bits per heavy atom. The minimum atomic E-state index is -0.666. The summed E-state index contributed by atoms with van der Waals surface area (Å²) in [5.41, 5.74) is 0.997. The van der Waals surface area contributed by atoms with Gasteiger partial charge in [0, 0.05) is 17.0 Å². The van der Waals surface area contributed by atoms with Gasteiger partial charge >= 0.3 is 0 Å². The van der Waals surface area contributed by atoms with Crippen molar-refractivity contribution in [2.45, 2.75) is 36.7 Å². The van der Waals surface area contributed by atoms with Crippen LogP contribution in [0, 0.1) is 6.92 Å². The molecule has 0 aliphatic heterocycles. The highest BCUT2D eigenvalue weighted by Crippen LogP contribution is 2.30. The average Bonchev–Trinajstić information content (AvgIpc) is 2.34. The first-order valence-electron chi connectivity index (χ1n) is 6.19. The van der Waals surface area contributed by atoms with Crippen molar-refractivity contribution in [2.75, 3.05) is 12.8 Å². The predicted molar refractivity (Wildman–Crippen MR) is 74.1 cm³/mol. The van der Waals surface area contributed by atoms with E-state index in [1.165, 1.54) is 0 Å². The Bertz CT molecular complexity index is 455. The molecule has 1 aliphatic carbocycles. The second kappa shape index (κ2) is 5.33. The molecular weight excluding hydrogens is 246 g/mol. The maximum absolute atomic E-state index is 12.1. The first-order chi connectivity index (χ1) is 8.54. The van der Waals surface area contributed by atoms with E-state index >= 15 is 0 Å². The van der Waals surface area contributed by atoms with Gasteiger partial charge in [0.05, 0.1) is 5.60 Å². The Kier molecular flexibility index (Phi) is 3.97. The molecule has 0 heterocycles. The molecule has 1 aliphatic rings. The van der Waals surface area contributed by atoms with Crippen LogP contribution in [0.1, 0.15) is 35.2 Å². The second-order valence-corrected chi connectivity index (χ2v) is 5.82. The van der Waals surface area contributed by atoms with Gasteiger partial charge in [-0.3, -0.25) is 4.79 Å². The molecule has 1 aromatic carbocycles. The second-order valence-electron chi connectivity index (χ2n) is 4.94. The zero-order chi connectivity index (χ0) is 13.2. The molecule has 2 N–H and O–H groups in total. The third kappa shape index (κ3) is 2.87. The molecule has 1 aromatic rings. The van der Waals surface area contributed by atoms with Crippen LogP contribution in [-0.2, 0) is 0 Å². The van der Waals surface area contributed by atoms with E-state index in [1.807, 2.05) is 31.4 Å². The van der Waals surface area contributed by atoms with Crippen LogP contribution in [0.5, 0.6) is 0 Å². The lowest BCUT2D eigenvalue weighted by molar-refractivity contribution is -0.0300. The lowest BCUT2D eigenvalue weighted by Gasteiger charge is -2.36. The molecule has 0 bridgehead atoms. The number of aryl methyl sites for hydroxylation is 1. The third-order valence-corrected chi connectivity index (χ3v) is 4.28. The quantitative estimate of drug-likeness (QED) is 0.822. The van der Waals surface area contributed by atoms with E-state index in [1.54, 1.807) is 11.8 Å². The fourth-order valence-electron chi connectivity index (χ4n) is 2.07. The van der Waals surface area contributed by atoms with Gasteiger partial charge in [0.15, 0.2) is 0 Å². The van der Waals surface area contributed by atoms with Gasteiger partial charge < -0.3 is 10.4 Å². The number of aliphatic hydroxyl groups is 1. The van der Waals surface area contributed by atoms with Crippen molar-refractivity contribution in [3.8, 4) is 0 Å².